The van der Waals surface area contributed by atoms with Crippen LogP contribution >= 0.6 is 0 Å². The first kappa shape index (κ1) is 19.5. The Hall–Kier alpha value is -3.26. The topological polar surface area (TPSA) is 82.7 Å². The lowest BCUT2D eigenvalue weighted by Gasteiger charge is -2.27. The van der Waals surface area contributed by atoms with Crippen LogP contribution in [0.5, 0.6) is 5.75 Å². The van der Waals surface area contributed by atoms with Crippen LogP contribution in [0.2, 0.25) is 0 Å². The zero-order valence-electron chi connectivity index (χ0n) is 16.4. The molecule has 0 aliphatic rings. The first-order valence-electron chi connectivity index (χ1n) is 9.33. The summed E-state index contributed by atoms with van der Waals surface area (Å²) in [5.41, 5.74) is 2.88. The monoisotopic (exact) mass is 372 g/mol. The summed E-state index contributed by atoms with van der Waals surface area (Å²) in [4.78, 5) is 8.56. The summed E-state index contributed by atoms with van der Waals surface area (Å²) in [5, 5.41) is 18.3. The molecule has 0 aliphatic heterocycles. The summed E-state index contributed by atoms with van der Waals surface area (Å²) in [7, 11) is 0. The molecule has 0 radical (unpaired) electrons. The van der Waals surface area contributed by atoms with Gasteiger partial charge >= 0.3 is 0 Å². The van der Waals surface area contributed by atoms with E-state index in [1.807, 2.05) is 37.3 Å². The molecule has 3 aromatic rings. The van der Waals surface area contributed by atoms with E-state index in [0.29, 0.717) is 23.8 Å². The normalized spacial score (nSPS) is 13.1. The molecular weight excluding hydrogens is 348 g/mol. The van der Waals surface area contributed by atoms with Crippen molar-refractivity contribution in [1.82, 2.24) is 9.97 Å². The van der Waals surface area contributed by atoms with E-state index in [4.69, 9.17) is 10.1 Å². The Kier molecular flexibility index (Phi) is 5.70. The van der Waals surface area contributed by atoms with Gasteiger partial charge in [-0.1, -0.05) is 26.8 Å². The van der Waals surface area contributed by atoms with E-state index in [1.54, 1.807) is 18.6 Å². The fourth-order valence-corrected chi connectivity index (χ4v) is 3.49. The second-order valence-corrected chi connectivity index (χ2v) is 7.76. The minimum Gasteiger partial charge on any atom is -0.491 e. The number of hydrogen-bond donors (Lipinski definition) is 1. The van der Waals surface area contributed by atoms with Crippen LogP contribution in [0.3, 0.4) is 0 Å². The molecule has 5 nitrogen and oxygen atoms in total. The van der Waals surface area contributed by atoms with Crippen LogP contribution in [0.15, 0.2) is 48.9 Å². The Morgan fingerprint density at radius 1 is 1.25 bits per heavy atom. The average molecular weight is 372 g/mol. The van der Waals surface area contributed by atoms with Gasteiger partial charge in [-0.05, 0) is 47.7 Å². The number of nitriles is 1. The zero-order valence-corrected chi connectivity index (χ0v) is 16.4. The third kappa shape index (κ3) is 4.17. The van der Waals surface area contributed by atoms with Crippen LogP contribution in [0.25, 0.3) is 22.0 Å². The van der Waals surface area contributed by atoms with Gasteiger partial charge in [0.1, 0.15) is 11.8 Å². The van der Waals surface area contributed by atoms with E-state index in [-0.39, 0.29) is 5.41 Å². The predicted molar refractivity (Wildman–Crippen MR) is 112 cm³/mol. The summed E-state index contributed by atoms with van der Waals surface area (Å²) in [5.74, 6) is 1.00. The molecule has 0 fully saturated rings. The molecule has 0 aliphatic carbocycles. The minimum absolute atomic E-state index is 0.355. The summed E-state index contributed by atoms with van der Waals surface area (Å²) in [6.45, 7) is 6.64. The number of pyridine rings is 2. The van der Waals surface area contributed by atoms with Crippen LogP contribution in [-0.2, 0) is 0 Å². The molecule has 2 heterocycles. The number of hydrogen-bond acceptors (Lipinski definition) is 5. The minimum atomic E-state index is -0.355. The fraction of sp³-hybridized carbons (Fsp3) is 0.304. The van der Waals surface area contributed by atoms with Crippen LogP contribution in [-0.4, -0.2) is 22.8 Å². The van der Waals surface area contributed by atoms with Crippen molar-refractivity contribution in [3.63, 3.8) is 0 Å². The number of rotatable bonds is 7. The summed E-state index contributed by atoms with van der Waals surface area (Å²) >= 11 is 0. The molecule has 0 saturated heterocycles. The number of nitrogens with one attached hydrogen (secondary N) is 1. The van der Waals surface area contributed by atoms with Gasteiger partial charge in [0.15, 0.2) is 0 Å². The van der Waals surface area contributed by atoms with Gasteiger partial charge in [0.2, 0.25) is 0 Å². The quantitative estimate of drug-likeness (QED) is 0.574. The number of nitrogens with zero attached hydrogens (tertiary/aromatic N) is 3. The SMILES string of the molecule is CC(C)CC(C)(C=N)COc1ccc(-c2ccnc3ccncc23)cc1C#N. The van der Waals surface area contributed by atoms with Crippen molar-refractivity contribution in [2.24, 2.45) is 11.3 Å². The molecular formula is C23H24N4O. The Bertz CT molecular complexity index is 1030. The van der Waals surface area contributed by atoms with Crippen molar-refractivity contribution in [2.75, 3.05) is 6.61 Å². The highest BCUT2D eigenvalue weighted by atomic mass is 16.5. The van der Waals surface area contributed by atoms with Crippen LogP contribution in [0.1, 0.15) is 32.8 Å². The maximum Gasteiger partial charge on any atom is 0.137 e. The van der Waals surface area contributed by atoms with Gasteiger partial charge in [-0.3, -0.25) is 9.97 Å². The van der Waals surface area contributed by atoms with Crippen molar-refractivity contribution >= 4 is 17.1 Å². The molecule has 3 rings (SSSR count). The van der Waals surface area contributed by atoms with Gasteiger partial charge in [0.25, 0.3) is 0 Å². The lowest BCUT2D eigenvalue weighted by Crippen LogP contribution is -2.28. The number of benzene rings is 1. The predicted octanol–water partition coefficient (Wildman–Crippen LogP) is 5.25. The summed E-state index contributed by atoms with van der Waals surface area (Å²) in [6, 6.07) is 11.6. The third-order valence-corrected chi connectivity index (χ3v) is 4.73. The van der Waals surface area contributed by atoms with Gasteiger partial charge in [-0.25, -0.2) is 0 Å². The number of aromatic nitrogens is 2. The smallest absolute Gasteiger partial charge is 0.137 e. The lowest BCUT2D eigenvalue weighted by molar-refractivity contribution is 0.199. The van der Waals surface area contributed by atoms with Crippen molar-refractivity contribution in [1.29, 1.82) is 10.7 Å². The fourth-order valence-electron chi connectivity index (χ4n) is 3.49. The molecule has 28 heavy (non-hydrogen) atoms. The molecule has 1 unspecified atom stereocenters. The number of ether oxygens (including phenoxy) is 1. The molecule has 1 aromatic carbocycles. The molecule has 5 heteroatoms. The highest BCUT2D eigenvalue weighted by molar-refractivity contribution is 5.93. The van der Waals surface area contributed by atoms with Gasteiger partial charge in [0.05, 0.1) is 17.7 Å². The zero-order chi connectivity index (χ0) is 20.1. The van der Waals surface area contributed by atoms with Crippen molar-refractivity contribution in [3.05, 3.63) is 54.5 Å². The van der Waals surface area contributed by atoms with Gasteiger partial charge in [-0.15, -0.1) is 0 Å². The maximum absolute atomic E-state index is 9.64. The van der Waals surface area contributed by atoms with E-state index in [0.717, 1.165) is 28.5 Å². The first-order valence-corrected chi connectivity index (χ1v) is 9.33. The molecule has 0 saturated carbocycles. The van der Waals surface area contributed by atoms with Crippen LogP contribution < -0.4 is 4.74 Å². The van der Waals surface area contributed by atoms with Crippen molar-refractivity contribution in [2.45, 2.75) is 27.2 Å². The molecule has 1 N–H and O–H groups in total. The van der Waals surface area contributed by atoms with E-state index < -0.39 is 0 Å². The van der Waals surface area contributed by atoms with Crippen molar-refractivity contribution in [3.8, 4) is 22.9 Å². The average Bonchev–Trinajstić information content (AvgIpc) is 2.71. The Morgan fingerprint density at radius 3 is 2.79 bits per heavy atom. The summed E-state index contributed by atoms with van der Waals surface area (Å²) in [6.07, 6.45) is 7.56. The highest BCUT2D eigenvalue weighted by Gasteiger charge is 2.24. The van der Waals surface area contributed by atoms with E-state index in [9.17, 15) is 5.26 Å². The van der Waals surface area contributed by atoms with E-state index in [2.05, 4.69) is 29.9 Å². The van der Waals surface area contributed by atoms with Gasteiger partial charge in [0, 0.05) is 35.6 Å². The largest absolute Gasteiger partial charge is 0.491 e. The van der Waals surface area contributed by atoms with E-state index >= 15 is 0 Å². The second-order valence-electron chi connectivity index (χ2n) is 7.76. The van der Waals surface area contributed by atoms with Crippen LogP contribution in [0, 0.1) is 28.1 Å². The maximum atomic E-state index is 9.64. The molecule has 0 bridgehead atoms. The molecule has 0 amide bonds. The standard InChI is InChI=1S/C23H24N4O/c1-16(2)11-23(3,14-25)15-28-22-5-4-17(10-18(22)12-24)19-6-9-27-21-7-8-26-13-20(19)21/h4-10,13-14,16,25H,11,15H2,1-3H3. The van der Waals surface area contributed by atoms with Gasteiger partial charge < -0.3 is 10.1 Å². The number of fused-ring (bicyclic) bond motifs is 1. The summed E-state index contributed by atoms with van der Waals surface area (Å²) < 4.78 is 5.96. The Balaban J connectivity index is 1.91. The van der Waals surface area contributed by atoms with Crippen LogP contribution in [0.4, 0.5) is 0 Å². The second kappa shape index (κ2) is 8.18. The lowest BCUT2D eigenvalue weighted by atomic mass is 9.84. The first-order chi connectivity index (χ1) is 13.5. The van der Waals surface area contributed by atoms with Gasteiger partial charge in [-0.2, -0.15) is 5.26 Å². The van der Waals surface area contributed by atoms with Crippen molar-refractivity contribution < 1.29 is 4.74 Å². The van der Waals surface area contributed by atoms with E-state index in [1.165, 1.54) is 6.21 Å². The molecule has 2 aromatic heterocycles. The third-order valence-electron chi connectivity index (χ3n) is 4.73. The molecule has 142 valence electrons. The molecule has 1 atom stereocenters. The molecule has 0 spiro atoms. The highest BCUT2D eigenvalue weighted by Crippen LogP contribution is 2.32. The Labute approximate surface area is 165 Å². The Morgan fingerprint density at radius 2 is 2.07 bits per heavy atom.